The van der Waals surface area contributed by atoms with Crippen LogP contribution < -0.4 is 5.32 Å². The second kappa shape index (κ2) is 6.09. The van der Waals surface area contributed by atoms with Crippen LogP contribution in [0.5, 0.6) is 0 Å². The molecule has 0 fully saturated rings. The van der Waals surface area contributed by atoms with E-state index in [4.69, 9.17) is 11.6 Å². The van der Waals surface area contributed by atoms with Gasteiger partial charge in [-0.3, -0.25) is 4.79 Å². The lowest BCUT2D eigenvalue weighted by molar-refractivity contribution is -0.141. The number of hydrogen-bond acceptors (Lipinski definition) is 1. The van der Waals surface area contributed by atoms with E-state index in [2.05, 4.69) is 5.32 Å². The highest BCUT2D eigenvalue weighted by Gasteiger charge is 2.31. The van der Waals surface area contributed by atoms with E-state index in [1.807, 2.05) is 0 Å². The molecule has 0 aliphatic rings. The van der Waals surface area contributed by atoms with Gasteiger partial charge in [0.2, 0.25) is 5.91 Å². The summed E-state index contributed by atoms with van der Waals surface area (Å²) in [6, 6.07) is 7.46. The largest absolute Gasteiger partial charge is 0.391 e. The molecule has 0 spiro atoms. The minimum Gasteiger partial charge on any atom is -0.352 e. The van der Waals surface area contributed by atoms with E-state index in [0.717, 1.165) is 0 Å². The number of alkyl halides is 4. The highest BCUT2D eigenvalue weighted by molar-refractivity contribution is 6.30. The van der Waals surface area contributed by atoms with Crippen LogP contribution in [-0.4, -0.2) is 18.1 Å². The molecule has 0 saturated carbocycles. The number of carbonyl (C=O) groups excluding carboxylic acids is 1. The molecule has 0 radical (unpaired) electrons. The van der Waals surface area contributed by atoms with Crippen LogP contribution in [0.1, 0.15) is 24.3 Å². The Morgan fingerprint density at radius 1 is 1.33 bits per heavy atom. The molecule has 1 N–H and O–H groups in total. The molecule has 100 valence electrons. The minimum absolute atomic E-state index is 0.552. The van der Waals surface area contributed by atoms with Crippen molar-refractivity contribution in [2.45, 2.75) is 30.9 Å². The van der Waals surface area contributed by atoms with Crippen molar-refractivity contribution in [2.75, 3.05) is 0 Å². The van der Waals surface area contributed by atoms with Crippen LogP contribution >= 0.6 is 11.6 Å². The fraction of sp³-hybridized carbons (Fsp3) is 0.417. The predicted molar refractivity (Wildman–Crippen MR) is 63.3 cm³/mol. The maximum absolute atomic E-state index is 12.1. The third-order valence-corrected chi connectivity index (χ3v) is 2.70. The standard InChI is InChI=1S/C12H13ClF3NO/c1-8(7-12(14,15)16)17-11(18)10(13)9-5-3-2-4-6-9/h2-6,8,10H,7H2,1H3,(H,17,18). The number of benzene rings is 1. The van der Waals surface area contributed by atoms with E-state index >= 15 is 0 Å². The molecule has 18 heavy (non-hydrogen) atoms. The van der Waals surface area contributed by atoms with Crippen LogP contribution in [0.2, 0.25) is 0 Å². The normalized spacial score (nSPS) is 14.9. The van der Waals surface area contributed by atoms with E-state index in [9.17, 15) is 18.0 Å². The third kappa shape index (κ3) is 4.96. The maximum Gasteiger partial charge on any atom is 0.391 e. The first-order valence-corrected chi connectivity index (χ1v) is 5.79. The topological polar surface area (TPSA) is 29.1 Å². The monoisotopic (exact) mass is 279 g/mol. The molecule has 0 heterocycles. The highest BCUT2D eigenvalue weighted by atomic mass is 35.5. The van der Waals surface area contributed by atoms with Gasteiger partial charge in [-0.1, -0.05) is 30.3 Å². The Morgan fingerprint density at radius 2 is 1.89 bits per heavy atom. The van der Waals surface area contributed by atoms with Gasteiger partial charge in [0.1, 0.15) is 5.38 Å². The molecule has 1 aromatic carbocycles. The molecule has 1 amide bonds. The first-order chi connectivity index (χ1) is 8.29. The molecular formula is C12H13ClF3NO. The van der Waals surface area contributed by atoms with Crippen LogP contribution in [0.25, 0.3) is 0 Å². The molecule has 0 aliphatic carbocycles. The van der Waals surface area contributed by atoms with Crippen molar-refractivity contribution in [3.63, 3.8) is 0 Å². The molecule has 1 aromatic rings. The summed E-state index contributed by atoms with van der Waals surface area (Å²) < 4.78 is 36.3. The average Bonchev–Trinajstić information content (AvgIpc) is 2.26. The van der Waals surface area contributed by atoms with Crippen molar-refractivity contribution >= 4 is 17.5 Å². The SMILES string of the molecule is CC(CC(F)(F)F)NC(=O)C(Cl)c1ccccc1. The number of amides is 1. The molecule has 0 aliphatic heterocycles. The van der Waals surface area contributed by atoms with E-state index in [-0.39, 0.29) is 0 Å². The number of hydrogen-bond donors (Lipinski definition) is 1. The first kappa shape index (κ1) is 14.8. The van der Waals surface area contributed by atoms with Crippen LogP contribution in [-0.2, 0) is 4.79 Å². The molecule has 6 heteroatoms. The zero-order valence-electron chi connectivity index (χ0n) is 9.67. The Hall–Kier alpha value is -1.23. The van der Waals surface area contributed by atoms with Gasteiger partial charge in [0.15, 0.2) is 0 Å². The summed E-state index contributed by atoms with van der Waals surface area (Å²) in [6.07, 6.45) is -5.38. The van der Waals surface area contributed by atoms with Gasteiger partial charge in [-0.05, 0) is 12.5 Å². The Morgan fingerprint density at radius 3 is 2.39 bits per heavy atom. The molecular weight excluding hydrogens is 267 g/mol. The summed E-state index contributed by atoms with van der Waals surface area (Å²) in [5, 5.41) is 1.26. The lowest BCUT2D eigenvalue weighted by atomic mass is 10.1. The summed E-state index contributed by atoms with van der Waals surface area (Å²) >= 11 is 5.88. The molecule has 0 saturated heterocycles. The van der Waals surface area contributed by atoms with Crippen molar-refractivity contribution in [2.24, 2.45) is 0 Å². The molecule has 2 nitrogen and oxygen atoms in total. The quantitative estimate of drug-likeness (QED) is 0.841. The summed E-state index contributed by atoms with van der Waals surface area (Å²) in [4.78, 5) is 11.6. The van der Waals surface area contributed by atoms with E-state index in [0.29, 0.717) is 5.56 Å². The van der Waals surface area contributed by atoms with Gasteiger partial charge in [-0.2, -0.15) is 13.2 Å². The average molecular weight is 280 g/mol. The van der Waals surface area contributed by atoms with Crippen LogP contribution in [0.15, 0.2) is 30.3 Å². The molecule has 2 atom stereocenters. The zero-order valence-corrected chi connectivity index (χ0v) is 10.4. The number of nitrogens with one attached hydrogen (secondary N) is 1. The van der Waals surface area contributed by atoms with Crippen LogP contribution in [0.4, 0.5) is 13.2 Å². The van der Waals surface area contributed by atoms with Gasteiger partial charge < -0.3 is 5.32 Å². The summed E-state index contributed by atoms with van der Waals surface area (Å²) in [5.74, 6) is -0.625. The Labute approximate surface area is 108 Å². The van der Waals surface area contributed by atoms with Gasteiger partial charge >= 0.3 is 6.18 Å². The number of halogens is 4. The van der Waals surface area contributed by atoms with Crippen molar-refractivity contribution in [3.8, 4) is 0 Å². The van der Waals surface area contributed by atoms with Gasteiger partial charge in [0.05, 0.1) is 6.42 Å². The highest BCUT2D eigenvalue weighted by Crippen LogP contribution is 2.23. The van der Waals surface area contributed by atoms with E-state index in [1.165, 1.54) is 6.92 Å². The first-order valence-electron chi connectivity index (χ1n) is 5.36. The van der Waals surface area contributed by atoms with E-state index in [1.54, 1.807) is 30.3 Å². The van der Waals surface area contributed by atoms with Crippen LogP contribution in [0, 0.1) is 0 Å². The summed E-state index contributed by atoms with van der Waals surface area (Å²) in [5.41, 5.74) is 0.552. The van der Waals surface area contributed by atoms with Gasteiger partial charge in [0, 0.05) is 6.04 Å². The molecule has 0 bridgehead atoms. The van der Waals surface area contributed by atoms with E-state index < -0.39 is 29.9 Å². The van der Waals surface area contributed by atoms with Crippen molar-refractivity contribution in [1.29, 1.82) is 0 Å². The Balaban J connectivity index is 2.56. The predicted octanol–water partition coefficient (Wildman–Crippen LogP) is 3.42. The maximum atomic E-state index is 12.1. The molecule has 0 aromatic heterocycles. The van der Waals surface area contributed by atoms with Crippen molar-refractivity contribution in [1.82, 2.24) is 5.32 Å². The Kier molecular flexibility index (Phi) is 5.02. The van der Waals surface area contributed by atoms with Gasteiger partial charge in [-0.25, -0.2) is 0 Å². The second-order valence-electron chi connectivity index (χ2n) is 4.00. The third-order valence-electron chi connectivity index (χ3n) is 2.25. The Bertz CT molecular complexity index is 394. The number of carbonyl (C=O) groups is 1. The summed E-state index contributed by atoms with van der Waals surface area (Å²) in [7, 11) is 0. The van der Waals surface area contributed by atoms with Gasteiger partial charge in [0.25, 0.3) is 0 Å². The van der Waals surface area contributed by atoms with Crippen molar-refractivity contribution < 1.29 is 18.0 Å². The smallest absolute Gasteiger partial charge is 0.352 e. The fourth-order valence-electron chi connectivity index (χ4n) is 1.49. The van der Waals surface area contributed by atoms with Crippen molar-refractivity contribution in [3.05, 3.63) is 35.9 Å². The number of rotatable bonds is 4. The van der Waals surface area contributed by atoms with Gasteiger partial charge in [-0.15, -0.1) is 11.6 Å². The molecule has 1 rings (SSSR count). The summed E-state index contributed by atoms with van der Waals surface area (Å²) in [6.45, 7) is 1.29. The lowest BCUT2D eigenvalue weighted by Gasteiger charge is -2.18. The van der Waals surface area contributed by atoms with Crippen LogP contribution in [0.3, 0.4) is 0 Å². The fourth-order valence-corrected chi connectivity index (χ4v) is 1.70. The molecule has 2 unspecified atom stereocenters. The zero-order chi connectivity index (χ0) is 13.8. The second-order valence-corrected chi connectivity index (χ2v) is 4.44. The lowest BCUT2D eigenvalue weighted by Crippen LogP contribution is -2.37. The minimum atomic E-state index is -4.30.